The number of benzene rings is 1. The molecule has 0 spiro atoms. The molecular weight excluding hydrogens is 320 g/mol. The number of carbonyl (C=O) groups excluding carboxylic acids is 3. The van der Waals surface area contributed by atoms with Gasteiger partial charge in [0.1, 0.15) is 6.04 Å². The van der Waals surface area contributed by atoms with Crippen molar-refractivity contribution in [2.45, 2.75) is 44.7 Å². The fourth-order valence-electron chi connectivity index (χ4n) is 2.31. The van der Waals surface area contributed by atoms with Crippen molar-refractivity contribution in [3.8, 4) is 0 Å². The average Bonchev–Trinajstić information content (AvgIpc) is 2.63. The summed E-state index contributed by atoms with van der Waals surface area (Å²) in [6.45, 7) is 5.48. The van der Waals surface area contributed by atoms with Crippen molar-refractivity contribution in [2.75, 3.05) is 7.11 Å². The number of hydrogen-bond donors (Lipinski definition) is 2. The molecule has 2 amide bonds. The first-order chi connectivity index (χ1) is 12.0. The maximum atomic E-state index is 12.0. The van der Waals surface area contributed by atoms with Gasteiger partial charge < -0.3 is 15.4 Å². The van der Waals surface area contributed by atoms with Crippen molar-refractivity contribution in [1.29, 1.82) is 0 Å². The second-order valence-electron chi connectivity index (χ2n) is 5.71. The molecular formula is C19H26N2O4. The summed E-state index contributed by atoms with van der Waals surface area (Å²) in [5.74, 6) is -1.08. The quantitative estimate of drug-likeness (QED) is 0.503. The molecule has 6 nitrogen and oxygen atoms in total. The molecule has 136 valence electrons. The van der Waals surface area contributed by atoms with E-state index in [-0.39, 0.29) is 30.7 Å². The number of rotatable bonds is 10. The molecule has 0 unspecified atom stereocenters. The van der Waals surface area contributed by atoms with Gasteiger partial charge in [0.25, 0.3) is 0 Å². The summed E-state index contributed by atoms with van der Waals surface area (Å²) in [7, 11) is 1.27. The van der Waals surface area contributed by atoms with Crippen LogP contribution in [0.5, 0.6) is 0 Å². The molecule has 1 rings (SSSR count). The van der Waals surface area contributed by atoms with Crippen LogP contribution in [0.2, 0.25) is 0 Å². The number of methoxy groups -OCH3 is 1. The number of nitrogens with one attached hydrogen (secondary N) is 2. The number of hydrogen-bond acceptors (Lipinski definition) is 4. The molecule has 0 bridgehead atoms. The highest BCUT2D eigenvalue weighted by atomic mass is 16.5. The first-order valence-corrected chi connectivity index (χ1v) is 8.30. The van der Waals surface area contributed by atoms with Gasteiger partial charge in [-0.3, -0.25) is 9.59 Å². The summed E-state index contributed by atoms with van der Waals surface area (Å²) >= 11 is 0. The van der Waals surface area contributed by atoms with E-state index in [1.54, 1.807) is 6.08 Å². The van der Waals surface area contributed by atoms with Crippen molar-refractivity contribution in [1.82, 2.24) is 10.6 Å². The lowest BCUT2D eigenvalue weighted by atomic mass is 10.1. The first-order valence-electron chi connectivity index (χ1n) is 8.30. The predicted molar refractivity (Wildman–Crippen MR) is 95.6 cm³/mol. The third-order valence-corrected chi connectivity index (χ3v) is 3.74. The van der Waals surface area contributed by atoms with Crippen molar-refractivity contribution < 1.29 is 19.1 Å². The average molecular weight is 346 g/mol. The van der Waals surface area contributed by atoms with E-state index in [2.05, 4.69) is 21.9 Å². The Kier molecular flexibility index (Phi) is 9.00. The van der Waals surface area contributed by atoms with Crippen molar-refractivity contribution in [3.63, 3.8) is 0 Å². The lowest BCUT2D eigenvalue weighted by Crippen LogP contribution is -2.41. The van der Waals surface area contributed by atoms with Gasteiger partial charge in [-0.1, -0.05) is 36.4 Å². The minimum absolute atomic E-state index is 0.00886. The van der Waals surface area contributed by atoms with Gasteiger partial charge in [-0.2, -0.15) is 0 Å². The first kappa shape index (κ1) is 20.4. The van der Waals surface area contributed by atoms with Crippen LogP contribution in [-0.4, -0.2) is 30.9 Å². The molecule has 0 aliphatic heterocycles. The van der Waals surface area contributed by atoms with Gasteiger partial charge in [0.05, 0.1) is 13.2 Å². The molecule has 1 aromatic rings. The van der Waals surface area contributed by atoms with Gasteiger partial charge in [0.2, 0.25) is 11.8 Å². The summed E-state index contributed by atoms with van der Waals surface area (Å²) in [5, 5.41) is 5.45. The molecule has 0 aliphatic carbocycles. The number of amides is 2. The Morgan fingerprint density at radius 1 is 1.12 bits per heavy atom. The summed E-state index contributed by atoms with van der Waals surface area (Å²) in [5.41, 5.74) is 0.996. The Hall–Kier alpha value is -2.63. The zero-order valence-electron chi connectivity index (χ0n) is 14.8. The van der Waals surface area contributed by atoms with Crippen LogP contribution in [-0.2, 0) is 19.1 Å². The van der Waals surface area contributed by atoms with E-state index in [1.807, 2.05) is 37.3 Å². The highest BCUT2D eigenvalue weighted by molar-refractivity contribution is 5.87. The molecule has 0 fully saturated rings. The topological polar surface area (TPSA) is 84.5 Å². The van der Waals surface area contributed by atoms with Crippen LogP contribution in [0.25, 0.3) is 0 Å². The van der Waals surface area contributed by atoms with E-state index < -0.39 is 12.0 Å². The molecule has 0 heterocycles. The Labute approximate surface area is 148 Å². The second kappa shape index (κ2) is 11.0. The molecule has 25 heavy (non-hydrogen) atoms. The standard InChI is InChI=1S/C19H26N2O4/c1-4-5-11-16(19(24)25-3)21-18(23)13-12-17(22)20-14(2)15-9-7-6-8-10-15/h4,6-10,14,16H,1,5,11-13H2,2-3H3,(H,20,22)(H,21,23)/t14-,16+/m1/s1. The van der Waals surface area contributed by atoms with Crippen LogP contribution >= 0.6 is 0 Å². The summed E-state index contributed by atoms with van der Waals surface area (Å²) in [6.07, 6.45) is 2.72. The largest absolute Gasteiger partial charge is 0.467 e. The number of esters is 1. The molecule has 2 atom stereocenters. The predicted octanol–water partition coefficient (Wildman–Crippen LogP) is 2.27. The fourth-order valence-corrected chi connectivity index (χ4v) is 2.31. The third-order valence-electron chi connectivity index (χ3n) is 3.74. The zero-order chi connectivity index (χ0) is 18.7. The van der Waals surface area contributed by atoms with Gasteiger partial charge in [-0.15, -0.1) is 6.58 Å². The summed E-state index contributed by atoms with van der Waals surface area (Å²) < 4.78 is 4.67. The van der Waals surface area contributed by atoms with Crippen LogP contribution in [0, 0.1) is 0 Å². The maximum absolute atomic E-state index is 12.0. The lowest BCUT2D eigenvalue weighted by Gasteiger charge is -2.16. The van der Waals surface area contributed by atoms with E-state index in [1.165, 1.54) is 7.11 Å². The highest BCUT2D eigenvalue weighted by Crippen LogP contribution is 2.11. The van der Waals surface area contributed by atoms with Gasteiger partial charge >= 0.3 is 5.97 Å². The van der Waals surface area contributed by atoms with Gasteiger partial charge in [-0.05, 0) is 25.3 Å². The molecule has 0 aliphatic rings. The molecule has 1 aromatic carbocycles. The fraction of sp³-hybridized carbons (Fsp3) is 0.421. The lowest BCUT2D eigenvalue weighted by molar-refractivity contribution is -0.145. The van der Waals surface area contributed by atoms with Crippen molar-refractivity contribution in [3.05, 3.63) is 48.6 Å². The second-order valence-corrected chi connectivity index (χ2v) is 5.71. The summed E-state index contributed by atoms with van der Waals surface area (Å²) in [6, 6.07) is 8.72. The maximum Gasteiger partial charge on any atom is 0.328 e. The van der Waals surface area contributed by atoms with E-state index in [0.29, 0.717) is 12.8 Å². The molecule has 0 saturated heterocycles. The monoisotopic (exact) mass is 346 g/mol. The number of ether oxygens (including phenoxy) is 1. The molecule has 0 radical (unpaired) electrons. The van der Waals surface area contributed by atoms with Gasteiger partial charge in [0.15, 0.2) is 0 Å². The van der Waals surface area contributed by atoms with E-state index in [0.717, 1.165) is 5.56 Å². The highest BCUT2D eigenvalue weighted by Gasteiger charge is 2.21. The van der Waals surface area contributed by atoms with E-state index >= 15 is 0 Å². The molecule has 2 N–H and O–H groups in total. The van der Waals surface area contributed by atoms with E-state index in [4.69, 9.17) is 0 Å². The van der Waals surface area contributed by atoms with Crippen LogP contribution in [0.3, 0.4) is 0 Å². The minimum Gasteiger partial charge on any atom is -0.467 e. The molecule has 0 saturated carbocycles. The van der Waals surface area contributed by atoms with Crippen molar-refractivity contribution in [2.24, 2.45) is 0 Å². The van der Waals surface area contributed by atoms with Crippen LogP contribution in [0.15, 0.2) is 43.0 Å². The van der Waals surface area contributed by atoms with Gasteiger partial charge in [0, 0.05) is 12.8 Å². The van der Waals surface area contributed by atoms with Crippen molar-refractivity contribution >= 4 is 17.8 Å². The Morgan fingerprint density at radius 2 is 1.72 bits per heavy atom. The van der Waals surface area contributed by atoms with Crippen LogP contribution in [0.1, 0.15) is 44.2 Å². The SMILES string of the molecule is C=CCC[C@H](NC(=O)CCC(=O)N[C@H](C)c1ccccc1)C(=O)OC. The normalized spacial score (nSPS) is 12.6. The smallest absolute Gasteiger partial charge is 0.328 e. The molecule has 0 aromatic heterocycles. The third kappa shape index (κ3) is 7.65. The minimum atomic E-state index is -0.721. The Balaban J connectivity index is 2.42. The number of carbonyl (C=O) groups is 3. The van der Waals surface area contributed by atoms with Crippen LogP contribution < -0.4 is 10.6 Å². The van der Waals surface area contributed by atoms with Gasteiger partial charge in [-0.25, -0.2) is 4.79 Å². The number of allylic oxidation sites excluding steroid dienone is 1. The zero-order valence-corrected chi connectivity index (χ0v) is 14.8. The molecule has 6 heteroatoms. The van der Waals surface area contributed by atoms with Crippen LogP contribution in [0.4, 0.5) is 0 Å². The van der Waals surface area contributed by atoms with E-state index in [9.17, 15) is 14.4 Å². The Morgan fingerprint density at radius 3 is 2.28 bits per heavy atom. The Bertz CT molecular complexity index is 586. The summed E-state index contributed by atoms with van der Waals surface area (Å²) in [4.78, 5) is 35.6.